The van der Waals surface area contributed by atoms with Gasteiger partial charge in [-0.1, -0.05) is 12.1 Å². The van der Waals surface area contributed by atoms with Crippen LogP contribution in [0.4, 0.5) is 9.18 Å². The highest BCUT2D eigenvalue weighted by molar-refractivity contribution is 5.74. The van der Waals surface area contributed by atoms with Crippen LogP contribution in [0.2, 0.25) is 0 Å². The number of nitrogens with one attached hydrogen (secondary N) is 2. The van der Waals surface area contributed by atoms with Gasteiger partial charge in [0.25, 0.3) is 0 Å². The monoisotopic (exact) mass is 330 g/mol. The number of aromatic amines is 1. The minimum Gasteiger partial charge on any atom is -0.338 e. The molecule has 24 heavy (non-hydrogen) atoms. The maximum Gasteiger partial charge on any atom is 0.317 e. The van der Waals surface area contributed by atoms with Crippen molar-refractivity contribution in [2.75, 3.05) is 19.6 Å². The number of likely N-dealkylation sites (tertiary alicyclic amines) is 1. The summed E-state index contributed by atoms with van der Waals surface area (Å²) in [5, 5.41) is 9.62. The second-order valence-electron chi connectivity index (χ2n) is 6.35. The van der Waals surface area contributed by atoms with Gasteiger partial charge in [-0.15, -0.1) is 0 Å². The predicted octanol–water partition coefficient (Wildman–Crippen LogP) is 2.76. The molecule has 0 aliphatic carbocycles. The number of hydrogen-bond donors (Lipinski definition) is 2. The van der Waals surface area contributed by atoms with E-state index < -0.39 is 0 Å². The Labute approximate surface area is 141 Å². The summed E-state index contributed by atoms with van der Waals surface area (Å²) in [6.07, 6.45) is 7.33. The van der Waals surface area contributed by atoms with Gasteiger partial charge >= 0.3 is 6.03 Å². The van der Waals surface area contributed by atoms with Crippen molar-refractivity contribution in [1.82, 2.24) is 20.4 Å². The van der Waals surface area contributed by atoms with Crippen molar-refractivity contribution in [3.05, 3.63) is 53.6 Å². The van der Waals surface area contributed by atoms with Gasteiger partial charge in [-0.25, -0.2) is 9.18 Å². The number of amides is 2. The number of urea groups is 1. The SMILES string of the molecule is O=C(NCCc1cn[nH]c1)N1CCC(Cc2ccc(F)cc2)CC1. The highest BCUT2D eigenvalue weighted by Gasteiger charge is 2.22. The average molecular weight is 330 g/mol. The van der Waals surface area contributed by atoms with Crippen molar-refractivity contribution in [2.45, 2.75) is 25.7 Å². The van der Waals surface area contributed by atoms with Gasteiger partial charge in [-0.2, -0.15) is 5.10 Å². The number of carbonyl (C=O) groups is 1. The summed E-state index contributed by atoms with van der Waals surface area (Å²) in [6.45, 7) is 2.18. The van der Waals surface area contributed by atoms with E-state index in [0.717, 1.165) is 44.3 Å². The van der Waals surface area contributed by atoms with Gasteiger partial charge in [0.1, 0.15) is 5.82 Å². The zero-order valence-corrected chi connectivity index (χ0v) is 13.7. The van der Waals surface area contributed by atoms with Crippen molar-refractivity contribution in [2.24, 2.45) is 5.92 Å². The molecule has 0 radical (unpaired) electrons. The van der Waals surface area contributed by atoms with Crippen LogP contribution in [0, 0.1) is 11.7 Å². The Kier molecular flexibility index (Phi) is 5.46. The Morgan fingerprint density at radius 3 is 2.67 bits per heavy atom. The third kappa shape index (κ3) is 4.57. The first-order valence-corrected chi connectivity index (χ1v) is 8.45. The molecule has 0 atom stereocenters. The molecule has 5 nitrogen and oxygen atoms in total. The standard InChI is InChI=1S/C18H23FN4O/c19-17-3-1-14(2-4-17)11-15-6-9-23(10-7-15)18(24)20-8-5-16-12-21-22-13-16/h1-4,12-13,15H,5-11H2,(H,20,24)(H,21,22). The molecule has 128 valence electrons. The van der Waals surface area contributed by atoms with E-state index in [1.54, 1.807) is 6.20 Å². The predicted molar refractivity (Wildman–Crippen MR) is 90.1 cm³/mol. The van der Waals surface area contributed by atoms with Gasteiger partial charge < -0.3 is 10.2 Å². The molecule has 2 aromatic rings. The van der Waals surface area contributed by atoms with Gasteiger partial charge in [0.15, 0.2) is 0 Å². The lowest BCUT2D eigenvalue weighted by molar-refractivity contribution is 0.170. The van der Waals surface area contributed by atoms with Crippen LogP contribution >= 0.6 is 0 Å². The zero-order chi connectivity index (χ0) is 16.8. The molecule has 0 unspecified atom stereocenters. The number of hydrogen-bond acceptors (Lipinski definition) is 2. The number of benzene rings is 1. The molecule has 3 rings (SSSR count). The van der Waals surface area contributed by atoms with Gasteiger partial charge in [0.2, 0.25) is 0 Å². The summed E-state index contributed by atoms with van der Waals surface area (Å²) in [6, 6.07) is 6.74. The Morgan fingerprint density at radius 1 is 1.25 bits per heavy atom. The van der Waals surface area contributed by atoms with Crippen molar-refractivity contribution < 1.29 is 9.18 Å². The van der Waals surface area contributed by atoms with Crippen LogP contribution in [0.5, 0.6) is 0 Å². The maximum absolute atomic E-state index is 12.9. The van der Waals surface area contributed by atoms with Crippen LogP contribution in [0.15, 0.2) is 36.7 Å². The molecule has 0 spiro atoms. The maximum atomic E-state index is 12.9. The van der Waals surface area contributed by atoms with Crippen LogP contribution < -0.4 is 5.32 Å². The number of halogens is 1. The fourth-order valence-corrected chi connectivity index (χ4v) is 3.13. The molecule has 1 aliphatic rings. The molecule has 1 saturated heterocycles. The lowest BCUT2D eigenvalue weighted by Crippen LogP contribution is -2.45. The molecule has 2 N–H and O–H groups in total. The molecule has 1 aromatic heterocycles. The number of carbonyl (C=O) groups excluding carboxylic acids is 1. The largest absolute Gasteiger partial charge is 0.338 e. The Bertz CT molecular complexity index is 634. The Morgan fingerprint density at radius 2 is 2.00 bits per heavy atom. The number of rotatable bonds is 5. The Balaban J connectivity index is 1.38. The summed E-state index contributed by atoms with van der Waals surface area (Å²) in [4.78, 5) is 14.1. The number of H-pyrrole nitrogens is 1. The average Bonchev–Trinajstić information content (AvgIpc) is 3.11. The number of piperidine rings is 1. The van der Waals surface area contributed by atoms with E-state index in [-0.39, 0.29) is 11.8 Å². The molecule has 0 bridgehead atoms. The first kappa shape index (κ1) is 16.5. The molecular formula is C18H23FN4O. The molecule has 1 aromatic carbocycles. The minimum absolute atomic E-state index is 0.0127. The second kappa shape index (κ2) is 7.95. The third-order valence-corrected chi connectivity index (χ3v) is 4.58. The summed E-state index contributed by atoms with van der Waals surface area (Å²) >= 11 is 0. The van der Waals surface area contributed by atoms with Gasteiger partial charge in [-0.3, -0.25) is 5.10 Å². The first-order chi connectivity index (χ1) is 11.7. The van der Waals surface area contributed by atoms with E-state index >= 15 is 0 Å². The lowest BCUT2D eigenvalue weighted by Gasteiger charge is -2.32. The number of nitrogens with zero attached hydrogens (tertiary/aromatic N) is 2. The van der Waals surface area contributed by atoms with Gasteiger partial charge in [0.05, 0.1) is 6.20 Å². The van der Waals surface area contributed by atoms with E-state index in [1.165, 1.54) is 17.7 Å². The van der Waals surface area contributed by atoms with Crippen LogP contribution in [0.25, 0.3) is 0 Å². The smallest absolute Gasteiger partial charge is 0.317 e. The normalized spacial score (nSPS) is 15.5. The van der Waals surface area contributed by atoms with E-state index in [4.69, 9.17) is 0 Å². The van der Waals surface area contributed by atoms with Crippen molar-refractivity contribution in [1.29, 1.82) is 0 Å². The van der Waals surface area contributed by atoms with Gasteiger partial charge in [0, 0.05) is 25.8 Å². The van der Waals surface area contributed by atoms with Crippen LogP contribution in [0.1, 0.15) is 24.0 Å². The molecule has 6 heteroatoms. The summed E-state index contributed by atoms with van der Waals surface area (Å²) in [5.41, 5.74) is 2.26. The fourth-order valence-electron chi connectivity index (χ4n) is 3.13. The molecular weight excluding hydrogens is 307 g/mol. The quantitative estimate of drug-likeness (QED) is 0.885. The number of aromatic nitrogens is 2. The molecule has 2 amide bonds. The van der Waals surface area contributed by atoms with E-state index in [2.05, 4.69) is 15.5 Å². The second-order valence-corrected chi connectivity index (χ2v) is 6.35. The summed E-state index contributed by atoms with van der Waals surface area (Å²) in [5.74, 6) is 0.367. The van der Waals surface area contributed by atoms with Gasteiger partial charge in [-0.05, 0) is 54.9 Å². The van der Waals surface area contributed by atoms with Crippen LogP contribution in [0.3, 0.4) is 0 Å². The van der Waals surface area contributed by atoms with E-state index in [9.17, 15) is 9.18 Å². The summed E-state index contributed by atoms with van der Waals surface area (Å²) in [7, 11) is 0. The minimum atomic E-state index is -0.194. The van der Waals surface area contributed by atoms with E-state index in [1.807, 2.05) is 23.2 Å². The molecule has 1 fully saturated rings. The van der Waals surface area contributed by atoms with Crippen molar-refractivity contribution in [3.63, 3.8) is 0 Å². The molecule has 1 aliphatic heterocycles. The van der Waals surface area contributed by atoms with Crippen molar-refractivity contribution >= 4 is 6.03 Å². The van der Waals surface area contributed by atoms with Crippen LogP contribution in [-0.2, 0) is 12.8 Å². The summed E-state index contributed by atoms with van der Waals surface area (Å²) < 4.78 is 12.9. The lowest BCUT2D eigenvalue weighted by atomic mass is 9.90. The highest BCUT2D eigenvalue weighted by Crippen LogP contribution is 2.21. The molecule has 2 heterocycles. The van der Waals surface area contributed by atoms with E-state index in [0.29, 0.717) is 12.5 Å². The Hall–Kier alpha value is -2.37. The topological polar surface area (TPSA) is 61.0 Å². The fraction of sp³-hybridized carbons (Fsp3) is 0.444. The van der Waals surface area contributed by atoms with Crippen LogP contribution in [-0.4, -0.2) is 40.8 Å². The first-order valence-electron chi connectivity index (χ1n) is 8.45. The highest BCUT2D eigenvalue weighted by atomic mass is 19.1. The zero-order valence-electron chi connectivity index (χ0n) is 13.7. The third-order valence-electron chi connectivity index (χ3n) is 4.58. The van der Waals surface area contributed by atoms with Crippen molar-refractivity contribution in [3.8, 4) is 0 Å². The molecule has 0 saturated carbocycles.